The Balaban J connectivity index is 2.23. The highest BCUT2D eigenvalue weighted by atomic mass is 35.5. The standard InChI is InChI=1S/C10H9ClN2O/c11-9-3-1-8(2-4-9)7-13-10(14)5-6-12-13/h1-6,12H,7H2. The molecular weight excluding hydrogens is 200 g/mol. The van der Waals surface area contributed by atoms with Gasteiger partial charge in [-0.15, -0.1) is 0 Å². The van der Waals surface area contributed by atoms with Gasteiger partial charge in [-0.1, -0.05) is 23.7 Å². The van der Waals surface area contributed by atoms with Crippen molar-refractivity contribution in [3.63, 3.8) is 0 Å². The van der Waals surface area contributed by atoms with E-state index in [1.54, 1.807) is 6.20 Å². The van der Waals surface area contributed by atoms with Gasteiger partial charge < -0.3 is 5.10 Å². The number of halogens is 1. The van der Waals surface area contributed by atoms with Gasteiger partial charge in [-0.3, -0.25) is 4.79 Å². The SMILES string of the molecule is O=c1cc[nH]n1Cc1ccc(Cl)cc1. The van der Waals surface area contributed by atoms with Crippen molar-refractivity contribution in [3.8, 4) is 0 Å². The number of rotatable bonds is 2. The van der Waals surface area contributed by atoms with Crippen LogP contribution in [0.3, 0.4) is 0 Å². The average Bonchev–Trinajstić information content (AvgIpc) is 2.56. The molecule has 1 heterocycles. The summed E-state index contributed by atoms with van der Waals surface area (Å²) in [5, 5.41) is 3.54. The Labute approximate surface area is 85.9 Å². The van der Waals surface area contributed by atoms with Crippen molar-refractivity contribution in [3.05, 3.63) is 57.5 Å². The van der Waals surface area contributed by atoms with Crippen LogP contribution in [0.2, 0.25) is 5.02 Å². The van der Waals surface area contributed by atoms with Crippen molar-refractivity contribution in [1.82, 2.24) is 9.78 Å². The maximum atomic E-state index is 11.2. The Hall–Kier alpha value is -1.48. The first-order valence-corrected chi connectivity index (χ1v) is 4.62. The highest BCUT2D eigenvalue weighted by Crippen LogP contribution is 2.09. The molecule has 4 heteroatoms. The number of aromatic nitrogens is 2. The molecular formula is C10H9ClN2O. The molecule has 0 aliphatic heterocycles. The third kappa shape index (κ3) is 1.88. The molecule has 2 aromatic rings. The summed E-state index contributed by atoms with van der Waals surface area (Å²) in [6, 6.07) is 8.91. The quantitative estimate of drug-likeness (QED) is 0.804. The van der Waals surface area contributed by atoms with Crippen molar-refractivity contribution in [2.24, 2.45) is 0 Å². The molecule has 1 aromatic carbocycles. The summed E-state index contributed by atoms with van der Waals surface area (Å²) in [4.78, 5) is 11.2. The first-order chi connectivity index (χ1) is 6.75. The van der Waals surface area contributed by atoms with E-state index < -0.39 is 0 Å². The Kier molecular flexibility index (Phi) is 2.41. The van der Waals surface area contributed by atoms with Crippen molar-refractivity contribution in [2.45, 2.75) is 6.54 Å². The summed E-state index contributed by atoms with van der Waals surface area (Å²) < 4.78 is 1.53. The van der Waals surface area contributed by atoms with E-state index >= 15 is 0 Å². The second kappa shape index (κ2) is 3.72. The third-order valence-electron chi connectivity index (χ3n) is 1.98. The first kappa shape index (κ1) is 9.09. The maximum absolute atomic E-state index is 11.2. The summed E-state index contributed by atoms with van der Waals surface area (Å²) in [5.41, 5.74) is 1.01. The summed E-state index contributed by atoms with van der Waals surface area (Å²) >= 11 is 5.75. The number of nitrogens with one attached hydrogen (secondary N) is 1. The molecule has 0 amide bonds. The van der Waals surface area contributed by atoms with Crippen molar-refractivity contribution in [1.29, 1.82) is 0 Å². The lowest BCUT2D eigenvalue weighted by Gasteiger charge is -2.01. The summed E-state index contributed by atoms with van der Waals surface area (Å²) in [6.45, 7) is 0.545. The van der Waals surface area contributed by atoms with Gasteiger partial charge >= 0.3 is 0 Å². The molecule has 0 fully saturated rings. The minimum Gasteiger partial charge on any atom is -0.303 e. The zero-order valence-electron chi connectivity index (χ0n) is 7.40. The van der Waals surface area contributed by atoms with E-state index in [1.165, 1.54) is 10.7 Å². The number of hydrogen-bond acceptors (Lipinski definition) is 1. The molecule has 3 nitrogen and oxygen atoms in total. The predicted octanol–water partition coefficient (Wildman–Crippen LogP) is 1.88. The molecule has 1 aromatic heterocycles. The van der Waals surface area contributed by atoms with Crippen LogP contribution in [0.15, 0.2) is 41.3 Å². The molecule has 2 rings (SSSR count). The van der Waals surface area contributed by atoms with Gasteiger partial charge in [-0.25, -0.2) is 4.68 Å². The van der Waals surface area contributed by atoms with Gasteiger partial charge in [-0.05, 0) is 17.7 Å². The zero-order chi connectivity index (χ0) is 9.97. The van der Waals surface area contributed by atoms with Crippen LogP contribution in [0.1, 0.15) is 5.56 Å². The monoisotopic (exact) mass is 208 g/mol. The third-order valence-corrected chi connectivity index (χ3v) is 2.23. The van der Waals surface area contributed by atoms with E-state index in [4.69, 9.17) is 11.6 Å². The molecule has 0 aliphatic carbocycles. The van der Waals surface area contributed by atoms with Crippen LogP contribution in [0.5, 0.6) is 0 Å². The number of H-pyrrole nitrogens is 1. The Morgan fingerprint density at radius 1 is 1.21 bits per heavy atom. The minimum absolute atomic E-state index is 0.0278. The van der Waals surface area contributed by atoms with Gasteiger partial charge in [0.2, 0.25) is 0 Å². The molecule has 0 atom stereocenters. The van der Waals surface area contributed by atoms with Gasteiger partial charge in [0.1, 0.15) is 0 Å². The highest BCUT2D eigenvalue weighted by molar-refractivity contribution is 6.30. The molecule has 0 aliphatic rings. The molecule has 14 heavy (non-hydrogen) atoms. The highest BCUT2D eigenvalue weighted by Gasteiger charge is 1.97. The average molecular weight is 209 g/mol. The summed E-state index contributed by atoms with van der Waals surface area (Å²) in [5.74, 6) is 0. The minimum atomic E-state index is -0.0278. The zero-order valence-corrected chi connectivity index (χ0v) is 8.16. The second-order valence-corrected chi connectivity index (χ2v) is 3.45. The van der Waals surface area contributed by atoms with E-state index in [-0.39, 0.29) is 5.56 Å². The molecule has 0 bridgehead atoms. The fraction of sp³-hybridized carbons (Fsp3) is 0.100. The molecule has 0 unspecified atom stereocenters. The van der Waals surface area contributed by atoms with E-state index in [0.29, 0.717) is 11.6 Å². The number of benzene rings is 1. The Morgan fingerprint density at radius 2 is 1.93 bits per heavy atom. The molecule has 0 radical (unpaired) electrons. The van der Waals surface area contributed by atoms with Gasteiger partial charge in [0.25, 0.3) is 5.56 Å². The van der Waals surface area contributed by atoms with Gasteiger partial charge in [0.15, 0.2) is 0 Å². The van der Waals surface area contributed by atoms with Crippen molar-refractivity contribution in [2.75, 3.05) is 0 Å². The summed E-state index contributed by atoms with van der Waals surface area (Å²) in [7, 11) is 0. The first-order valence-electron chi connectivity index (χ1n) is 4.24. The predicted molar refractivity (Wildman–Crippen MR) is 55.6 cm³/mol. The van der Waals surface area contributed by atoms with Gasteiger partial charge in [-0.2, -0.15) is 0 Å². The Morgan fingerprint density at radius 3 is 2.50 bits per heavy atom. The van der Waals surface area contributed by atoms with E-state index in [9.17, 15) is 4.79 Å². The number of nitrogens with zero attached hydrogens (tertiary/aromatic N) is 1. The van der Waals surface area contributed by atoms with Crippen LogP contribution in [0.25, 0.3) is 0 Å². The van der Waals surface area contributed by atoms with Gasteiger partial charge in [0, 0.05) is 17.3 Å². The van der Waals surface area contributed by atoms with E-state index in [1.807, 2.05) is 24.3 Å². The van der Waals surface area contributed by atoms with Crippen LogP contribution in [-0.4, -0.2) is 9.78 Å². The van der Waals surface area contributed by atoms with Crippen molar-refractivity contribution >= 4 is 11.6 Å². The molecule has 0 saturated heterocycles. The summed E-state index contributed by atoms with van der Waals surface area (Å²) in [6.07, 6.45) is 1.62. The van der Waals surface area contributed by atoms with Crippen LogP contribution >= 0.6 is 11.6 Å². The molecule has 0 spiro atoms. The van der Waals surface area contributed by atoms with Crippen molar-refractivity contribution < 1.29 is 0 Å². The van der Waals surface area contributed by atoms with E-state index in [2.05, 4.69) is 5.10 Å². The lowest BCUT2D eigenvalue weighted by molar-refractivity contribution is 0.664. The lowest BCUT2D eigenvalue weighted by Crippen LogP contribution is -2.16. The van der Waals surface area contributed by atoms with Crippen LogP contribution < -0.4 is 5.56 Å². The van der Waals surface area contributed by atoms with Gasteiger partial charge in [0.05, 0.1) is 6.54 Å². The molecule has 0 saturated carbocycles. The molecule has 1 N–H and O–H groups in total. The smallest absolute Gasteiger partial charge is 0.266 e. The van der Waals surface area contributed by atoms with E-state index in [0.717, 1.165) is 5.56 Å². The fourth-order valence-electron chi connectivity index (χ4n) is 1.25. The fourth-order valence-corrected chi connectivity index (χ4v) is 1.37. The topological polar surface area (TPSA) is 37.8 Å². The largest absolute Gasteiger partial charge is 0.303 e. The number of hydrogen-bond donors (Lipinski definition) is 1. The van der Waals surface area contributed by atoms with Crippen LogP contribution in [0.4, 0.5) is 0 Å². The Bertz CT molecular complexity index is 469. The number of aromatic amines is 1. The normalized spacial score (nSPS) is 10.4. The molecule has 72 valence electrons. The van der Waals surface area contributed by atoms with Crippen LogP contribution in [-0.2, 0) is 6.54 Å². The second-order valence-electron chi connectivity index (χ2n) is 3.01. The maximum Gasteiger partial charge on any atom is 0.266 e. The van der Waals surface area contributed by atoms with Crippen LogP contribution in [0, 0.1) is 0 Å². The lowest BCUT2D eigenvalue weighted by atomic mass is 10.2.